The van der Waals surface area contributed by atoms with Crippen molar-refractivity contribution in [1.82, 2.24) is 0 Å². The number of hydrogen-bond donors (Lipinski definition) is 1. The first kappa shape index (κ1) is 12.6. The van der Waals surface area contributed by atoms with Gasteiger partial charge in [0.25, 0.3) is 0 Å². The summed E-state index contributed by atoms with van der Waals surface area (Å²) in [5.74, 6) is -1.69. The van der Waals surface area contributed by atoms with Crippen LogP contribution in [-0.2, 0) is 14.3 Å². The molecular weight excluding hydrogens is 256 g/mol. The molecule has 1 atom stereocenters. The summed E-state index contributed by atoms with van der Waals surface area (Å²) in [4.78, 5) is 35.9. The van der Waals surface area contributed by atoms with Gasteiger partial charge in [0, 0.05) is 13.0 Å². The predicted octanol–water partition coefficient (Wildman–Crippen LogP) is 0.373. The van der Waals surface area contributed by atoms with Crippen LogP contribution in [0.1, 0.15) is 16.8 Å². The van der Waals surface area contributed by atoms with Gasteiger partial charge in [-0.15, -0.1) is 11.3 Å². The van der Waals surface area contributed by atoms with Crippen LogP contribution in [0.25, 0.3) is 0 Å². The molecular formula is C11H12N2O4S. The maximum absolute atomic E-state index is 11.8. The highest BCUT2D eigenvalue weighted by Crippen LogP contribution is 2.33. The van der Waals surface area contributed by atoms with Crippen LogP contribution in [0, 0.1) is 5.92 Å². The smallest absolute Gasteiger partial charge is 0.340 e. The van der Waals surface area contributed by atoms with E-state index < -0.39 is 17.8 Å². The molecule has 1 aliphatic rings. The molecule has 1 unspecified atom stereocenters. The Morgan fingerprint density at radius 3 is 2.83 bits per heavy atom. The van der Waals surface area contributed by atoms with Gasteiger partial charge in [-0.05, 0) is 11.4 Å². The summed E-state index contributed by atoms with van der Waals surface area (Å²) in [6.07, 6.45) is 0.0911. The summed E-state index contributed by atoms with van der Waals surface area (Å²) >= 11 is 1.26. The number of methoxy groups -OCH3 is 1. The third-order valence-corrected chi connectivity index (χ3v) is 3.76. The lowest BCUT2D eigenvalue weighted by Crippen LogP contribution is -2.28. The van der Waals surface area contributed by atoms with Crippen molar-refractivity contribution in [3.05, 3.63) is 17.0 Å². The molecule has 0 saturated carbocycles. The molecule has 1 aliphatic heterocycles. The number of hydrogen-bond acceptors (Lipinski definition) is 5. The van der Waals surface area contributed by atoms with Gasteiger partial charge in [0.05, 0.1) is 18.6 Å². The summed E-state index contributed by atoms with van der Waals surface area (Å²) in [6.45, 7) is 0.221. The molecule has 1 aromatic rings. The molecule has 2 N–H and O–H groups in total. The van der Waals surface area contributed by atoms with Crippen molar-refractivity contribution in [2.75, 3.05) is 18.6 Å². The number of carbonyl (C=O) groups is 3. The van der Waals surface area contributed by atoms with E-state index in [9.17, 15) is 14.4 Å². The zero-order valence-electron chi connectivity index (χ0n) is 9.71. The molecule has 0 spiro atoms. The van der Waals surface area contributed by atoms with Crippen molar-refractivity contribution in [3.8, 4) is 0 Å². The Morgan fingerprint density at radius 1 is 1.56 bits per heavy atom. The number of amides is 2. The minimum Gasteiger partial charge on any atom is -0.465 e. The van der Waals surface area contributed by atoms with Crippen LogP contribution in [0.2, 0.25) is 0 Å². The number of ether oxygens (including phenoxy) is 1. The third-order valence-electron chi connectivity index (χ3n) is 2.82. The highest BCUT2D eigenvalue weighted by molar-refractivity contribution is 7.14. The quantitative estimate of drug-likeness (QED) is 0.802. The number of nitrogens with two attached hydrogens (primary N) is 1. The van der Waals surface area contributed by atoms with E-state index in [0.29, 0.717) is 10.6 Å². The largest absolute Gasteiger partial charge is 0.465 e. The van der Waals surface area contributed by atoms with E-state index in [2.05, 4.69) is 4.74 Å². The lowest BCUT2D eigenvalue weighted by molar-refractivity contribution is -0.123. The number of thiophene rings is 1. The normalized spacial score (nSPS) is 19.1. The van der Waals surface area contributed by atoms with Gasteiger partial charge >= 0.3 is 5.97 Å². The zero-order valence-corrected chi connectivity index (χ0v) is 10.5. The number of primary amides is 1. The molecule has 7 heteroatoms. The number of carbonyl (C=O) groups excluding carboxylic acids is 3. The maximum atomic E-state index is 11.8. The number of rotatable bonds is 3. The molecule has 1 aromatic heterocycles. The van der Waals surface area contributed by atoms with E-state index in [1.165, 1.54) is 23.3 Å². The Morgan fingerprint density at radius 2 is 2.28 bits per heavy atom. The molecule has 0 aromatic carbocycles. The summed E-state index contributed by atoms with van der Waals surface area (Å²) in [5, 5.41) is 2.21. The van der Waals surface area contributed by atoms with E-state index in [0.717, 1.165) is 0 Å². The Kier molecular flexibility index (Phi) is 3.33. The van der Waals surface area contributed by atoms with Crippen molar-refractivity contribution >= 4 is 34.1 Å². The van der Waals surface area contributed by atoms with Gasteiger partial charge in [0.1, 0.15) is 5.00 Å². The molecule has 2 heterocycles. The average Bonchev–Trinajstić information content (AvgIpc) is 2.93. The molecule has 6 nitrogen and oxygen atoms in total. The predicted molar refractivity (Wildman–Crippen MR) is 65.3 cm³/mol. The second-order valence-electron chi connectivity index (χ2n) is 3.94. The van der Waals surface area contributed by atoms with Crippen molar-refractivity contribution in [1.29, 1.82) is 0 Å². The van der Waals surface area contributed by atoms with Crippen LogP contribution in [0.5, 0.6) is 0 Å². The molecule has 1 saturated heterocycles. The topological polar surface area (TPSA) is 89.7 Å². The van der Waals surface area contributed by atoms with E-state index in [1.807, 2.05) is 0 Å². The average molecular weight is 268 g/mol. The molecule has 96 valence electrons. The Balaban J connectivity index is 2.28. The van der Waals surface area contributed by atoms with E-state index in [1.54, 1.807) is 11.4 Å². The van der Waals surface area contributed by atoms with Crippen LogP contribution < -0.4 is 10.6 Å². The highest BCUT2D eigenvalue weighted by atomic mass is 32.1. The summed E-state index contributed by atoms with van der Waals surface area (Å²) in [5.41, 5.74) is 5.53. The fourth-order valence-electron chi connectivity index (χ4n) is 1.87. The van der Waals surface area contributed by atoms with Crippen LogP contribution in [-0.4, -0.2) is 31.4 Å². The minimum absolute atomic E-state index is 0.0911. The van der Waals surface area contributed by atoms with Crippen LogP contribution in [0.3, 0.4) is 0 Å². The van der Waals surface area contributed by atoms with Crippen LogP contribution in [0.4, 0.5) is 5.00 Å². The number of esters is 1. The van der Waals surface area contributed by atoms with Gasteiger partial charge in [-0.1, -0.05) is 0 Å². The minimum atomic E-state index is -0.499. The van der Waals surface area contributed by atoms with Gasteiger partial charge in [0.2, 0.25) is 11.8 Å². The Labute approximate surface area is 107 Å². The summed E-state index contributed by atoms with van der Waals surface area (Å²) in [7, 11) is 1.28. The lowest BCUT2D eigenvalue weighted by Gasteiger charge is -2.15. The lowest BCUT2D eigenvalue weighted by atomic mass is 10.1. The van der Waals surface area contributed by atoms with E-state index in [4.69, 9.17) is 5.73 Å². The summed E-state index contributed by atoms with van der Waals surface area (Å²) < 4.78 is 4.64. The van der Waals surface area contributed by atoms with Crippen molar-refractivity contribution in [2.24, 2.45) is 11.7 Å². The SMILES string of the molecule is COC(=O)c1ccsc1N1CC(C(N)=O)CC1=O. The van der Waals surface area contributed by atoms with E-state index >= 15 is 0 Å². The van der Waals surface area contributed by atoms with Gasteiger partial charge in [-0.3, -0.25) is 9.59 Å². The molecule has 0 bridgehead atoms. The van der Waals surface area contributed by atoms with Gasteiger partial charge < -0.3 is 15.4 Å². The first-order chi connectivity index (χ1) is 8.54. The first-order valence-electron chi connectivity index (χ1n) is 5.30. The fraction of sp³-hybridized carbons (Fsp3) is 0.364. The first-order valence-corrected chi connectivity index (χ1v) is 6.18. The second kappa shape index (κ2) is 4.77. The van der Waals surface area contributed by atoms with E-state index in [-0.39, 0.29) is 18.9 Å². The number of nitrogens with zero attached hydrogens (tertiary/aromatic N) is 1. The molecule has 18 heavy (non-hydrogen) atoms. The molecule has 1 fully saturated rings. The van der Waals surface area contributed by atoms with Crippen molar-refractivity contribution in [2.45, 2.75) is 6.42 Å². The third kappa shape index (κ3) is 2.08. The zero-order chi connectivity index (χ0) is 13.3. The van der Waals surface area contributed by atoms with Gasteiger partial charge in [-0.25, -0.2) is 4.79 Å². The van der Waals surface area contributed by atoms with Crippen LogP contribution >= 0.6 is 11.3 Å². The Bertz CT molecular complexity index is 511. The molecule has 0 radical (unpaired) electrons. The van der Waals surface area contributed by atoms with Crippen LogP contribution in [0.15, 0.2) is 11.4 Å². The standard InChI is InChI=1S/C11H12N2O4S/c1-17-11(16)7-2-3-18-10(7)13-5-6(9(12)15)4-8(13)14/h2-3,6H,4-5H2,1H3,(H2,12,15). The monoisotopic (exact) mass is 268 g/mol. The Hall–Kier alpha value is -1.89. The van der Waals surface area contributed by atoms with Gasteiger partial charge in [0.15, 0.2) is 0 Å². The summed E-state index contributed by atoms with van der Waals surface area (Å²) in [6, 6.07) is 1.59. The van der Waals surface area contributed by atoms with Crippen molar-refractivity contribution in [3.63, 3.8) is 0 Å². The van der Waals surface area contributed by atoms with Gasteiger partial charge in [-0.2, -0.15) is 0 Å². The highest BCUT2D eigenvalue weighted by Gasteiger charge is 2.36. The molecule has 2 amide bonds. The fourth-order valence-corrected chi connectivity index (χ4v) is 2.79. The maximum Gasteiger partial charge on any atom is 0.340 e. The van der Waals surface area contributed by atoms with Crippen molar-refractivity contribution < 1.29 is 19.1 Å². The second-order valence-corrected chi connectivity index (χ2v) is 4.83. The molecule has 0 aliphatic carbocycles. The number of anilines is 1. The molecule has 2 rings (SSSR count).